The number of amides is 2. The smallest absolute Gasteiger partial charge is 0.244 e. The van der Waals surface area contributed by atoms with Gasteiger partial charge in [-0.1, -0.05) is 30.0 Å². The molecule has 2 amide bonds. The molecule has 0 spiro atoms. The molecule has 2 heterocycles. The molecular weight excluding hydrogens is 398 g/mol. The molecule has 29 heavy (non-hydrogen) atoms. The van der Waals surface area contributed by atoms with Crippen LogP contribution in [0.1, 0.15) is 5.69 Å². The molecule has 0 atom stereocenters. The van der Waals surface area contributed by atoms with Crippen LogP contribution in [0.25, 0.3) is 5.69 Å². The fraction of sp³-hybridized carbons (Fsp3) is 0.150. The van der Waals surface area contributed by atoms with Gasteiger partial charge >= 0.3 is 0 Å². The summed E-state index contributed by atoms with van der Waals surface area (Å²) < 4.78 is 28.6. The molecule has 0 radical (unpaired) electrons. The van der Waals surface area contributed by atoms with Crippen LogP contribution in [0.2, 0.25) is 0 Å². The number of benzene rings is 2. The summed E-state index contributed by atoms with van der Waals surface area (Å²) in [7, 11) is 0. The molecule has 1 aliphatic rings. The summed E-state index contributed by atoms with van der Waals surface area (Å²) in [5.74, 6) is -2.30. The normalized spacial score (nSPS) is 13.3. The SMILES string of the molecule is Cc1nn(-c2ccccc2)c2c1N(CC(=O)Nc1ccc(F)cc1F)C(=O)CS2. The average molecular weight is 414 g/mol. The van der Waals surface area contributed by atoms with Gasteiger partial charge in [-0.3, -0.25) is 14.5 Å². The summed E-state index contributed by atoms with van der Waals surface area (Å²) in [4.78, 5) is 26.3. The zero-order valence-electron chi connectivity index (χ0n) is 15.4. The first-order chi connectivity index (χ1) is 13.9. The van der Waals surface area contributed by atoms with E-state index in [-0.39, 0.29) is 23.9 Å². The molecule has 1 N–H and O–H groups in total. The number of carbonyl (C=O) groups excluding carboxylic acids is 2. The Hall–Kier alpha value is -3.20. The fourth-order valence-corrected chi connectivity index (χ4v) is 4.19. The van der Waals surface area contributed by atoms with Crippen LogP contribution in [-0.4, -0.2) is 33.9 Å². The molecule has 9 heteroatoms. The number of fused-ring (bicyclic) bond motifs is 1. The molecule has 0 fully saturated rings. The molecule has 0 saturated heterocycles. The first-order valence-corrected chi connectivity index (χ1v) is 9.75. The van der Waals surface area contributed by atoms with Crippen molar-refractivity contribution in [3.8, 4) is 5.69 Å². The molecule has 3 aromatic rings. The number of aromatic nitrogens is 2. The van der Waals surface area contributed by atoms with Crippen molar-refractivity contribution >= 4 is 35.0 Å². The molecule has 1 aliphatic heterocycles. The van der Waals surface area contributed by atoms with Crippen molar-refractivity contribution < 1.29 is 18.4 Å². The van der Waals surface area contributed by atoms with Gasteiger partial charge < -0.3 is 5.32 Å². The molecule has 148 valence electrons. The van der Waals surface area contributed by atoms with Crippen molar-refractivity contribution in [2.45, 2.75) is 11.9 Å². The van der Waals surface area contributed by atoms with Crippen LogP contribution in [0.15, 0.2) is 53.6 Å². The topological polar surface area (TPSA) is 67.2 Å². The Morgan fingerprint density at radius 3 is 2.69 bits per heavy atom. The summed E-state index contributed by atoms with van der Waals surface area (Å²) in [5, 5.41) is 7.67. The van der Waals surface area contributed by atoms with E-state index < -0.39 is 17.5 Å². The van der Waals surface area contributed by atoms with E-state index in [0.29, 0.717) is 17.4 Å². The molecule has 0 saturated carbocycles. The highest BCUT2D eigenvalue weighted by Crippen LogP contribution is 2.39. The van der Waals surface area contributed by atoms with Gasteiger partial charge in [0.1, 0.15) is 23.2 Å². The fourth-order valence-electron chi connectivity index (χ4n) is 3.11. The lowest BCUT2D eigenvalue weighted by Crippen LogP contribution is -2.41. The monoisotopic (exact) mass is 414 g/mol. The van der Waals surface area contributed by atoms with E-state index in [1.54, 1.807) is 11.6 Å². The van der Waals surface area contributed by atoms with Crippen LogP contribution in [0.3, 0.4) is 0 Å². The van der Waals surface area contributed by atoms with Crippen LogP contribution < -0.4 is 10.2 Å². The van der Waals surface area contributed by atoms with Crippen LogP contribution in [0.4, 0.5) is 20.2 Å². The predicted octanol–water partition coefficient (Wildman–Crippen LogP) is 3.54. The maximum atomic E-state index is 13.8. The molecule has 2 aromatic carbocycles. The highest BCUT2D eigenvalue weighted by molar-refractivity contribution is 8.00. The quantitative estimate of drug-likeness (QED) is 0.709. The molecule has 6 nitrogen and oxygen atoms in total. The maximum absolute atomic E-state index is 13.8. The summed E-state index contributed by atoms with van der Waals surface area (Å²) in [6, 6.07) is 12.3. The second-order valence-corrected chi connectivity index (χ2v) is 7.39. The van der Waals surface area contributed by atoms with Crippen LogP contribution >= 0.6 is 11.8 Å². The van der Waals surface area contributed by atoms with Gasteiger partial charge in [0, 0.05) is 6.07 Å². The minimum Gasteiger partial charge on any atom is -0.322 e. The van der Waals surface area contributed by atoms with Crippen molar-refractivity contribution in [3.63, 3.8) is 0 Å². The zero-order valence-corrected chi connectivity index (χ0v) is 16.2. The number of rotatable bonds is 4. The lowest BCUT2D eigenvalue weighted by atomic mass is 10.2. The van der Waals surface area contributed by atoms with Crippen molar-refractivity contribution in [2.24, 2.45) is 0 Å². The van der Waals surface area contributed by atoms with E-state index in [1.807, 2.05) is 30.3 Å². The zero-order chi connectivity index (χ0) is 20.5. The number of thioether (sulfide) groups is 1. The predicted molar refractivity (Wildman–Crippen MR) is 106 cm³/mol. The second-order valence-electron chi connectivity index (χ2n) is 6.43. The highest BCUT2D eigenvalue weighted by atomic mass is 32.2. The lowest BCUT2D eigenvalue weighted by molar-refractivity contribution is -0.120. The summed E-state index contributed by atoms with van der Waals surface area (Å²) >= 11 is 1.35. The van der Waals surface area contributed by atoms with E-state index in [9.17, 15) is 18.4 Å². The lowest BCUT2D eigenvalue weighted by Gasteiger charge is -2.27. The van der Waals surface area contributed by atoms with Gasteiger partial charge in [-0.05, 0) is 31.2 Å². The number of nitrogens with one attached hydrogen (secondary N) is 1. The van der Waals surface area contributed by atoms with Crippen LogP contribution in [0.5, 0.6) is 0 Å². The van der Waals surface area contributed by atoms with Crippen LogP contribution in [-0.2, 0) is 9.59 Å². The number of carbonyl (C=O) groups is 2. The Morgan fingerprint density at radius 1 is 1.21 bits per heavy atom. The van der Waals surface area contributed by atoms with Gasteiger partial charge in [-0.25, -0.2) is 13.5 Å². The number of anilines is 2. The second kappa shape index (κ2) is 7.67. The largest absolute Gasteiger partial charge is 0.322 e. The molecule has 1 aromatic heterocycles. The van der Waals surface area contributed by atoms with Gasteiger partial charge in [-0.15, -0.1) is 0 Å². The molecule has 4 rings (SSSR count). The Bertz CT molecular complexity index is 1100. The first-order valence-electron chi connectivity index (χ1n) is 8.77. The van der Waals surface area contributed by atoms with Gasteiger partial charge in [0.2, 0.25) is 11.8 Å². The molecule has 0 unspecified atom stereocenters. The standard InChI is InChI=1S/C20H16F2N4O2S/c1-12-19-20(26(24-12)14-5-3-2-4-6-14)29-11-18(28)25(19)10-17(27)23-16-8-7-13(21)9-15(16)22/h2-9H,10-11H2,1H3,(H,23,27). The minimum absolute atomic E-state index is 0.146. The van der Waals surface area contributed by atoms with Gasteiger partial charge in [0.05, 0.1) is 28.5 Å². The Labute approximate surface area is 169 Å². The number of nitrogens with zero attached hydrogens (tertiary/aromatic N) is 3. The van der Waals surface area contributed by atoms with Gasteiger partial charge in [0.15, 0.2) is 0 Å². The van der Waals surface area contributed by atoms with Crippen LogP contribution in [0, 0.1) is 18.6 Å². The van der Waals surface area contributed by atoms with Gasteiger partial charge in [-0.2, -0.15) is 5.10 Å². The summed E-state index contributed by atoms with van der Waals surface area (Å²) in [5.41, 5.74) is 1.86. The molecule has 0 aliphatic carbocycles. The Kier molecular flexibility index (Phi) is 5.06. The van der Waals surface area contributed by atoms with E-state index in [2.05, 4.69) is 10.4 Å². The molecular formula is C20H16F2N4O2S. The first kappa shape index (κ1) is 19.1. The van der Waals surface area contributed by atoms with Crippen molar-refractivity contribution in [2.75, 3.05) is 22.5 Å². The highest BCUT2D eigenvalue weighted by Gasteiger charge is 2.32. The van der Waals surface area contributed by atoms with E-state index in [4.69, 9.17) is 0 Å². The van der Waals surface area contributed by atoms with E-state index in [1.165, 1.54) is 16.7 Å². The third-order valence-electron chi connectivity index (χ3n) is 4.40. The van der Waals surface area contributed by atoms with Gasteiger partial charge in [0.25, 0.3) is 0 Å². The van der Waals surface area contributed by atoms with Crippen molar-refractivity contribution in [3.05, 3.63) is 65.9 Å². The summed E-state index contributed by atoms with van der Waals surface area (Å²) in [6.07, 6.45) is 0. The Balaban J connectivity index is 1.61. The van der Waals surface area contributed by atoms with Crippen molar-refractivity contribution in [1.82, 2.24) is 9.78 Å². The number of hydrogen-bond acceptors (Lipinski definition) is 4. The number of hydrogen-bond donors (Lipinski definition) is 1. The third kappa shape index (κ3) is 3.73. The Morgan fingerprint density at radius 2 is 1.97 bits per heavy atom. The molecule has 0 bridgehead atoms. The van der Waals surface area contributed by atoms with E-state index in [0.717, 1.165) is 22.8 Å². The number of para-hydroxylation sites is 1. The third-order valence-corrected chi connectivity index (χ3v) is 5.43. The summed E-state index contributed by atoms with van der Waals surface area (Å²) in [6.45, 7) is 1.46. The number of aryl methyl sites for hydroxylation is 1. The number of halogens is 2. The minimum atomic E-state index is -0.882. The average Bonchev–Trinajstić information content (AvgIpc) is 3.04. The van der Waals surface area contributed by atoms with Crippen molar-refractivity contribution in [1.29, 1.82) is 0 Å². The maximum Gasteiger partial charge on any atom is 0.244 e. The van der Waals surface area contributed by atoms with E-state index >= 15 is 0 Å².